The highest BCUT2D eigenvalue weighted by Gasteiger charge is 2.24. The second-order valence-corrected chi connectivity index (χ2v) is 5.66. The van der Waals surface area contributed by atoms with Crippen LogP contribution in [0.4, 0.5) is 21.5 Å². The van der Waals surface area contributed by atoms with Gasteiger partial charge in [0.1, 0.15) is 11.5 Å². The average molecular weight is 315 g/mol. The van der Waals surface area contributed by atoms with Gasteiger partial charge in [0.25, 0.3) is 5.69 Å². The van der Waals surface area contributed by atoms with Gasteiger partial charge in [0.2, 0.25) is 0 Å². The SMILES string of the molecule is O=[N+]([O-])c1ccccc1N1CCC(Nc2ccc(F)cc2)CC1. The van der Waals surface area contributed by atoms with Gasteiger partial charge in [-0.1, -0.05) is 12.1 Å². The van der Waals surface area contributed by atoms with Crippen molar-refractivity contribution in [2.75, 3.05) is 23.3 Å². The van der Waals surface area contributed by atoms with Gasteiger partial charge in [0, 0.05) is 30.9 Å². The number of halogens is 1. The van der Waals surface area contributed by atoms with Crippen molar-refractivity contribution in [2.24, 2.45) is 0 Å². The van der Waals surface area contributed by atoms with E-state index in [2.05, 4.69) is 10.2 Å². The van der Waals surface area contributed by atoms with Gasteiger partial charge < -0.3 is 10.2 Å². The summed E-state index contributed by atoms with van der Waals surface area (Å²) in [6.45, 7) is 1.51. The number of rotatable bonds is 4. The van der Waals surface area contributed by atoms with Crippen LogP contribution in [0.25, 0.3) is 0 Å². The first kappa shape index (κ1) is 15.3. The summed E-state index contributed by atoms with van der Waals surface area (Å²) in [6, 6.07) is 13.5. The quantitative estimate of drug-likeness (QED) is 0.688. The Morgan fingerprint density at radius 3 is 2.39 bits per heavy atom. The Balaban J connectivity index is 1.62. The Morgan fingerprint density at radius 2 is 1.74 bits per heavy atom. The molecule has 5 nitrogen and oxygen atoms in total. The van der Waals surface area contributed by atoms with Gasteiger partial charge >= 0.3 is 0 Å². The minimum atomic E-state index is -0.335. The van der Waals surface area contributed by atoms with E-state index in [1.807, 2.05) is 6.07 Å². The molecule has 1 aliphatic heterocycles. The normalized spacial score (nSPS) is 15.4. The standard InChI is InChI=1S/C17H18FN3O2/c18-13-5-7-14(8-6-13)19-15-9-11-20(12-10-15)16-3-1-2-4-17(16)21(22)23/h1-8,15,19H,9-12H2. The third-order valence-electron chi connectivity index (χ3n) is 4.13. The lowest BCUT2D eigenvalue weighted by Gasteiger charge is -2.34. The first-order valence-electron chi connectivity index (χ1n) is 7.64. The van der Waals surface area contributed by atoms with Crippen LogP contribution >= 0.6 is 0 Å². The summed E-state index contributed by atoms with van der Waals surface area (Å²) in [5, 5.41) is 14.5. The van der Waals surface area contributed by atoms with Crippen molar-refractivity contribution in [3.05, 3.63) is 64.5 Å². The van der Waals surface area contributed by atoms with Gasteiger partial charge in [-0.25, -0.2) is 4.39 Å². The Morgan fingerprint density at radius 1 is 1.09 bits per heavy atom. The zero-order chi connectivity index (χ0) is 16.2. The molecule has 6 heteroatoms. The van der Waals surface area contributed by atoms with Gasteiger partial charge in [0.05, 0.1) is 4.92 Å². The van der Waals surface area contributed by atoms with Crippen molar-refractivity contribution < 1.29 is 9.31 Å². The number of nitrogens with zero attached hydrogens (tertiary/aromatic N) is 2. The van der Waals surface area contributed by atoms with Gasteiger partial charge in [-0.3, -0.25) is 10.1 Å². The van der Waals surface area contributed by atoms with Crippen LogP contribution < -0.4 is 10.2 Å². The maximum atomic E-state index is 12.9. The Labute approximate surface area is 133 Å². The molecule has 0 spiro atoms. The van der Waals surface area contributed by atoms with Crippen LogP contribution in [-0.4, -0.2) is 24.1 Å². The van der Waals surface area contributed by atoms with Crippen LogP contribution in [0, 0.1) is 15.9 Å². The van der Waals surface area contributed by atoms with Crippen LogP contribution in [0.3, 0.4) is 0 Å². The molecule has 1 N–H and O–H groups in total. The predicted octanol–water partition coefficient (Wildman–Crippen LogP) is 3.81. The molecule has 3 rings (SSSR count). The largest absolute Gasteiger partial charge is 0.382 e. The molecule has 0 atom stereocenters. The van der Waals surface area contributed by atoms with Crippen molar-refractivity contribution in [1.29, 1.82) is 0 Å². The Bertz CT molecular complexity index is 682. The van der Waals surface area contributed by atoms with E-state index in [-0.39, 0.29) is 16.4 Å². The second kappa shape index (κ2) is 6.64. The number of hydrogen-bond acceptors (Lipinski definition) is 4. The monoisotopic (exact) mass is 315 g/mol. The highest BCUT2D eigenvalue weighted by Crippen LogP contribution is 2.30. The lowest BCUT2D eigenvalue weighted by molar-refractivity contribution is -0.384. The molecular formula is C17H18FN3O2. The molecule has 120 valence electrons. The van der Waals surface area contributed by atoms with E-state index in [1.54, 1.807) is 24.3 Å². The van der Waals surface area contributed by atoms with Crippen molar-refractivity contribution in [3.8, 4) is 0 Å². The highest BCUT2D eigenvalue weighted by molar-refractivity contribution is 5.63. The molecule has 1 fully saturated rings. The smallest absolute Gasteiger partial charge is 0.292 e. The molecule has 0 unspecified atom stereocenters. The summed E-state index contributed by atoms with van der Waals surface area (Å²) in [5.41, 5.74) is 1.73. The van der Waals surface area contributed by atoms with E-state index in [0.717, 1.165) is 31.6 Å². The molecule has 1 saturated heterocycles. The van der Waals surface area contributed by atoms with Gasteiger partial charge in [-0.2, -0.15) is 0 Å². The predicted molar refractivity (Wildman–Crippen MR) is 88.4 cm³/mol. The fourth-order valence-electron chi connectivity index (χ4n) is 2.93. The van der Waals surface area contributed by atoms with Crippen LogP contribution in [0.5, 0.6) is 0 Å². The molecule has 0 aliphatic carbocycles. The molecule has 2 aromatic rings. The van der Waals surface area contributed by atoms with Crippen molar-refractivity contribution in [1.82, 2.24) is 0 Å². The van der Waals surface area contributed by atoms with Crippen molar-refractivity contribution >= 4 is 17.1 Å². The van der Waals surface area contributed by atoms with E-state index in [9.17, 15) is 14.5 Å². The number of para-hydroxylation sites is 2. The summed E-state index contributed by atoms with van der Waals surface area (Å²) < 4.78 is 12.9. The summed E-state index contributed by atoms with van der Waals surface area (Å²) in [6.07, 6.45) is 1.76. The van der Waals surface area contributed by atoms with E-state index < -0.39 is 0 Å². The molecule has 1 heterocycles. The number of hydrogen-bond donors (Lipinski definition) is 1. The minimum Gasteiger partial charge on any atom is -0.382 e. The van der Waals surface area contributed by atoms with Crippen LogP contribution in [-0.2, 0) is 0 Å². The number of benzene rings is 2. The summed E-state index contributed by atoms with van der Waals surface area (Å²) in [7, 11) is 0. The van der Waals surface area contributed by atoms with E-state index in [4.69, 9.17) is 0 Å². The van der Waals surface area contributed by atoms with E-state index >= 15 is 0 Å². The molecule has 0 aromatic heterocycles. The first-order valence-corrected chi connectivity index (χ1v) is 7.64. The maximum absolute atomic E-state index is 12.9. The Hall–Kier alpha value is -2.63. The second-order valence-electron chi connectivity index (χ2n) is 5.66. The number of nitro groups is 1. The molecule has 0 bridgehead atoms. The van der Waals surface area contributed by atoms with Crippen LogP contribution in [0.15, 0.2) is 48.5 Å². The highest BCUT2D eigenvalue weighted by atomic mass is 19.1. The molecular weight excluding hydrogens is 297 g/mol. The fourth-order valence-corrected chi connectivity index (χ4v) is 2.93. The van der Waals surface area contributed by atoms with Crippen molar-refractivity contribution in [3.63, 3.8) is 0 Å². The third-order valence-corrected chi connectivity index (χ3v) is 4.13. The minimum absolute atomic E-state index is 0.150. The zero-order valence-corrected chi connectivity index (χ0v) is 12.6. The molecule has 23 heavy (non-hydrogen) atoms. The number of piperidine rings is 1. The lowest BCUT2D eigenvalue weighted by Crippen LogP contribution is -2.39. The van der Waals surface area contributed by atoms with E-state index in [1.165, 1.54) is 18.2 Å². The summed E-state index contributed by atoms with van der Waals surface area (Å²) in [4.78, 5) is 12.9. The van der Waals surface area contributed by atoms with Gasteiger partial charge in [-0.15, -0.1) is 0 Å². The molecule has 0 radical (unpaired) electrons. The number of nitro benzene ring substituents is 1. The summed E-state index contributed by atoms with van der Waals surface area (Å²) >= 11 is 0. The van der Waals surface area contributed by atoms with Gasteiger partial charge in [-0.05, 0) is 43.2 Å². The number of nitrogens with one attached hydrogen (secondary N) is 1. The number of anilines is 2. The Kier molecular flexibility index (Phi) is 4.41. The first-order chi connectivity index (χ1) is 11.1. The third kappa shape index (κ3) is 3.59. The van der Waals surface area contributed by atoms with Crippen LogP contribution in [0.2, 0.25) is 0 Å². The van der Waals surface area contributed by atoms with Gasteiger partial charge in [0.15, 0.2) is 0 Å². The molecule has 2 aromatic carbocycles. The molecule has 0 amide bonds. The zero-order valence-electron chi connectivity index (χ0n) is 12.6. The average Bonchev–Trinajstić information content (AvgIpc) is 2.58. The maximum Gasteiger partial charge on any atom is 0.292 e. The van der Waals surface area contributed by atoms with E-state index in [0.29, 0.717) is 11.7 Å². The topological polar surface area (TPSA) is 58.4 Å². The lowest BCUT2D eigenvalue weighted by atomic mass is 10.0. The molecule has 1 aliphatic rings. The fraction of sp³-hybridized carbons (Fsp3) is 0.294. The van der Waals surface area contributed by atoms with Crippen LogP contribution in [0.1, 0.15) is 12.8 Å². The summed E-state index contributed by atoms with van der Waals surface area (Å²) in [5.74, 6) is -0.248. The molecule has 0 saturated carbocycles. The van der Waals surface area contributed by atoms with Crippen molar-refractivity contribution in [2.45, 2.75) is 18.9 Å².